The zero-order valence-corrected chi connectivity index (χ0v) is 19.6. The van der Waals surface area contributed by atoms with Crippen molar-refractivity contribution in [2.45, 2.75) is 69.3 Å². The maximum Gasteiger partial charge on any atom is 0.330 e. The summed E-state index contributed by atoms with van der Waals surface area (Å²) in [5.41, 5.74) is 0.0442. The van der Waals surface area contributed by atoms with Crippen LogP contribution in [0.25, 0.3) is 0 Å². The lowest BCUT2D eigenvalue weighted by atomic mass is 9.96. The fraction of sp³-hybridized carbons (Fsp3) is 0.565. The van der Waals surface area contributed by atoms with E-state index in [2.05, 4.69) is 21.8 Å². The third-order valence-electron chi connectivity index (χ3n) is 7.36. The second-order valence-corrected chi connectivity index (χ2v) is 10.7. The van der Waals surface area contributed by atoms with Crippen molar-refractivity contribution in [3.8, 4) is 0 Å². The number of aryl methyl sites for hydroxylation is 1. The van der Waals surface area contributed by atoms with Crippen LogP contribution < -0.4 is 11.2 Å². The lowest BCUT2D eigenvalue weighted by Gasteiger charge is -2.31. The lowest BCUT2D eigenvalue weighted by molar-refractivity contribution is -0.175. The Morgan fingerprint density at radius 3 is 2.88 bits per heavy atom. The summed E-state index contributed by atoms with van der Waals surface area (Å²) in [4.78, 5) is 26.8. The average Bonchev–Trinajstić information content (AvgIpc) is 3.58. The minimum atomic E-state index is -1.29. The summed E-state index contributed by atoms with van der Waals surface area (Å²) in [6, 6.07) is 10.6. The molecule has 6 rings (SSSR count). The Hall–Kier alpha value is -1.87. The van der Waals surface area contributed by atoms with Crippen LogP contribution in [0, 0.1) is 6.92 Å². The smallest absolute Gasteiger partial charge is 0.330 e. The molecule has 0 aliphatic carbocycles. The Bertz CT molecular complexity index is 1150. The number of aromatic nitrogens is 2. The molecule has 0 saturated carbocycles. The van der Waals surface area contributed by atoms with Crippen LogP contribution in [0.3, 0.4) is 0 Å². The molecule has 4 aliphatic rings. The van der Waals surface area contributed by atoms with E-state index in [0.29, 0.717) is 24.6 Å². The van der Waals surface area contributed by atoms with E-state index >= 15 is 0 Å². The highest BCUT2D eigenvalue weighted by Crippen LogP contribution is 2.63. The Kier molecular flexibility index (Phi) is 5.32. The van der Waals surface area contributed by atoms with Gasteiger partial charge in [0.1, 0.15) is 23.9 Å². The van der Waals surface area contributed by atoms with Crippen molar-refractivity contribution in [1.29, 1.82) is 0 Å². The van der Waals surface area contributed by atoms with Crippen LogP contribution in [0.15, 0.2) is 46.1 Å². The van der Waals surface area contributed by atoms with Gasteiger partial charge in [0.2, 0.25) is 0 Å². The fourth-order valence-electron chi connectivity index (χ4n) is 5.50. The number of fused-ring (bicyclic) bond motifs is 3. The molecule has 10 heteroatoms. The monoisotopic (exact) mass is 473 g/mol. The summed E-state index contributed by atoms with van der Waals surface area (Å²) in [7, 11) is -1.29. The van der Waals surface area contributed by atoms with Crippen molar-refractivity contribution < 1.29 is 18.5 Å². The van der Waals surface area contributed by atoms with E-state index in [0.717, 1.165) is 19.4 Å². The molecule has 4 aliphatic heterocycles. The van der Waals surface area contributed by atoms with Gasteiger partial charge in [-0.2, -0.15) is 0 Å². The van der Waals surface area contributed by atoms with Crippen molar-refractivity contribution in [2.24, 2.45) is 0 Å². The lowest BCUT2D eigenvalue weighted by Crippen LogP contribution is -2.42. The zero-order valence-electron chi connectivity index (χ0n) is 18.7. The van der Waals surface area contributed by atoms with Gasteiger partial charge in [-0.3, -0.25) is 14.3 Å². The largest absolute Gasteiger partial charge is 0.368 e. The van der Waals surface area contributed by atoms with Gasteiger partial charge in [0.25, 0.3) is 14.1 Å². The van der Waals surface area contributed by atoms with Crippen molar-refractivity contribution in [2.75, 3.05) is 13.2 Å². The molecule has 2 aromatic rings. The van der Waals surface area contributed by atoms with Crippen LogP contribution in [0.5, 0.6) is 0 Å². The summed E-state index contributed by atoms with van der Waals surface area (Å²) in [6.45, 7) is 5.06. The van der Waals surface area contributed by atoms with Crippen LogP contribution in [0.1, 0.15) is 49.6 Å². The molecular weight excluding hydrogens is 445 g/mol. The molecular formula is C23H28N3O6P. The van der Waals surface area contributed by atoms with E-state index in [4.69, 9.17) is 18.5 Å². The summed E-state index contributed by atoms with van der Waals surface area (Å²) in [5, 5.41) is 0. The molecule has 4 fully saturated rings. The normalized spacial score (nSPS) is 37.6. The molecule has 0 radical (unpaired) electrons. The highest BCUT2D eigenvalue weighted by atomic mass is 31.2. The minimum absolute atomic E-state index is 0.0152. The first-order valence-electron chi connectivity index (χ1n) is 11.6. The average molecular weight is 473 g/mol. The molecule has 0 amide bonds. The quantitative estimate of drug-likeness (QED) is 0.668. The number of H-pyrrole nitrogens is 1. The van der Waals surface area contributed by atoms with Gasteiger partial charge in [0.15, 0.2) is 6.23 Å². The Labute approximate surface area is 192 Å². The van der Waals surface area contributed by atoms with E-state index in [1.807, 2.05) is 25.1 Å². The molecule has 9 nitrogen and oxygen atoms in total. The van der Waals surface area contributed by atoms with Crippen molar-refractivity contribution in [3.05, 3.63) is 68.5 Å². The van der Waals surface area contributed by atoms with Crippen LogP contribution in [0.2, 0.25) is 0 Å². The Balaban J connectivity index is 1.29. The van der Waals surface area contributed by atoms with Crippen molar-refractivity contribution in [3.63, 3.8) is 0 Å². The number of rotatable bonds is 5. The maximum absolute atomic E-state index is 12.6. The summed E-state index contributed by atoms with van der Waals surface area (Å²) < 4.78 is 29.6. The van der Waals surface area contributed by atoms with Gasteiger partial charge in [-0.1, -0.05) is 37.3 Å². The second kappa shape index (κ2) is 8.12. The van der Waals surface area contributed by atoms with E-state index in [9.17, 15) is 9.59 Å². The highest BCUT2D eigenvalue weighted by Gasteiger charge is 2.64. The molecule has 7 atom stereocenters. The summed E-state index contributed by atoms with van der Waals surface area (Å²) in [6.07, 6.45) is 2.91. The molecule has 5 heterocycles. The van der Waals surface area contributed by atoms with Crippen LogP contribution in [-0.4, -0.2) is 51.2 Å². The maximum atomic E-state index is 12.6. The van der Waals surface area contributed by atoms with E-state index < -0.39 is 37.7 Å². The van der Waals surface area contributed by atoms with Crippen molar-refractivity contribution >= 4 is 8.53 Å². The van der Waals surface area contributed by atoms with Gasteiger partial charge < -0.3 is 18.5 Å². The molecule has 2 bridgehead atoms. The van der Waals surface area contributed by atoms with E-state index in [-0.39, 0.29) is 12.2 Å². The van der Waals surface area contributed by atoms with Gasteiger partial charge >= 0.3 is 5.69 Å². The SMILES string of the molecule is CC[C@@]12CO[C@@H](C1O[P@]1O[C@@H](c3ccccc3)[C@H]3CCCN31)[C@H](n1cc(C)c(=O)[nH]c1=O)O2. The van der Waals surface area contributed by atoms with Gasteiger partial charge in [-0.15, -0.1) is 0 Å². The van der Waals surface area contributed by atoms with Crippen LogP contribution >= 0.6 is 8.53 Å². The first-order valence-corrected chi connectivity index (χ1v) is 12.7. The first-order chi connectivity index (χ1) is 16.0. The number of hydrogen-bond donors (Lipinski definition) is 1. The van der Waals surface area contributed by atoms with E-state index in [1.54, 1.807) is 6.92 Å². The number of nitrogens with zero attached hydrogens (tertiary/aromatic N) is 2. The molecule has 176 valence electrons. The first kappa shape index (κ1) is 21.6. The standard InChI is InChI=1S/C23H28N3O6P/c1-3-23-13-29-18(21(30-23)25-12-14(2)20(27)24-22(25)28)19(23)32-33-26-11-7-10-16(26)17(31-33)15-8-5-4-6-9-15/h4-6,8-9,12,16-19,21H,3,7,10-11,13H2,1-2H3,(H,24,27,28)/t16-,17+,18+,19?,21-,23-,33+/m1/s1. The van der Waals surface area contributed by atoms with Gasteiger partial charge in [0, 0.05) is 24.3 Å². The summed E-state index contributed by atoms with van der Waals surface area (Å²) >= 11 is 0. The van der Waals surface area contributed by atoms with Crippen molar-refractivity contribution in [1.82, 2.24) is 14.2 Å². The molecule has 0 spiro atoms. The number of ether oxygens (including phenoxy) is 2. The highest BCUT2D eigenvalue weighted by molar-refractivity contribution is 7.45. The minimum Gasteiger partial charge on any atom is -0.368 e. The third kappa shape index (κ3) is 3.37. The molecule has 1 unspecified atom stereocenters. The zero-order chi connectivity index (χ0) is 22.7. The molecule has 1 aromatic heterocycles. The number of benzene rings is 1. The molecule has 33 heavy (non-hydrogen) atoms. The third-order valence-corrected chi connectivity index (χ3v) is 9.09. The number of hydrogen-bond acceptors (Lipinski definition) is 7. The Morgan fingerprint density at radius 1 is 1.27 bits per heavy atom. The predicted octanol–water partition coefficient (Wildman–Crippen LogP) is 2.77. The summed E-state index contributed by atoms with van der Waals surface area (Å²) in [5.74, 6) is 0. The number of nitrogens with one attached hydrogen (secondary N) is 1. The molecule has 4 saturated heterocycles. The van der Waals surface area contributed by atoms with Gasteiger partial charge in [0.05, 0.1) is 6.61 Å². The second-order valence-electron chi connectivity index (χ2n) is 9.25. The topological polar surface area (TPSA) is 95.0 Å². The number of aromatic amines is 1. The van der Waals surface area contributed by atoms with Gasteiger partial charge in [-0.05, 0) is 31.7 Å². The fourth-order valence-corrected chi connectivity index (χ4v) is 7.54. The van der Waals surface area contributed by atoms with Crippen LogP contribution in [0.4, 0.5) is 0 Å². The van der Waals surface area contributed by atoms with Gasteiger partial charge in [-0.25, -0.2) is 9.46 Å². The van der Waals surface area contributed by atoms with E-state index in [1.165, 1.54) is 16.3 Å². The molecule has 1 aromatic carbocycles. The van der Waals surface area contributed by atoms with Crippen LogP contribution in [-0.2, 0) is 18.5 Å². The Morgan fingerprint density at radius 2 is 2.09 bits per heavy atom. The molecule has 1 N–H and O–H groups in total. The predicted molar refractivity (Wildman–Crippen MR) is 121 cm³/mol.